The molecule has 3 N–H and O–H groups in total. The zero-order chi connectivity index (χ0) is 12.3. The van der Waals surface area contributed by atoms with E-state index in [9.17, 15) is 0 Å². The molecular formula is C15H24N2. The average Bonchev–Trinajstić information content (AvgIpc) is 2.12. The molecule has 4 saturated carbocycles. The van der Waals surface area contributed by atoms with E-state index < -0.39 is 0 Å². The van der Waals surface area contributed by atoms with Gasteiger partial charge >= 0.3 is 0 Å². The van der Waals surface area contributed by atoms with Gasteiger partial charge in [-0.1, -0.05) is 19.8 Å². The van der Waals surface area contributed by atoms with E-state index in [1.54, 1.807) is 0 Å². The van der Waals surface area contributed by atoms with Crippen LogP contribution in [-0.2, 0) is 0 Å². The number of hydrogen-bond acceptors (Lipinski definition) is 2. The summed E-state index contributed by atoms with van der Waals surface area (Å²) in [5, 5.41) is 0. The highest BCUT2D eigenvalue weighted by molar-refractivity contribution is 5.18. The van der Waals surface area contributed by atoms with Gasteiger partial charge in [0.2, 0.25) is 0 Å². The second kappa shape index (κ2) is 3.28. The Morgan fingerprint density at radius 2 is 1.76 bits per heavy atom. The molecule has 2 heteroatoms. The topological polar surface area (TPSA) is 38.0 Å². The molecular weight excluding hydrogens is 208 g/mol. The molecule has 0 aromatic rings. The monoisotopic (exact) mass is 232 g/mol. The van der Waals surface area contributed by atoms with E-state index in [1.807, 2.05) is 0 Å². The van der Waals surface area contributed by atoms with Gasteiger partial charge in [-0.05, 0) is 60.7 Å². The van der Waals surface area contributed by atoms with Crippen LogP contribution in [0.5, 0.6) is 0 Å². The van der Waals surface area contributed by atoms with Crippen molar-refractivity contribution < 1.29 is 0 Å². The Bertz CT molecular complexity index is 363. The van der Waals surface area contributed by atoms with Crippen molar-refractivity contribution in [2.75, 3.05) is 0 Å². The van der Waals surface area contributed by atoms with Crippen LogP contribution in [0.4, 0.5) is 0 Å². The molecule has 4 aliphatic rings. The van der Waals surface area contributed by atoms with Gasteiger partial charge < -0.3 is 0 Å². The number of nitrogens with two attached hydrogens (primary N) is 1. The fraction of sp³-hybridized carbons (Fsp3) is 0.867. The van der Waals surface area contributed by atoms with Crippen LogP contribution in [-0.4, -0.2) is 6.04 Å². The second-order valence-corrected chi connectivity index (χ2v) is 7.76. The maximum absolute atomic E-state index is 5.70. The molecule has 4 bridgehead atoms. The van der Waals surface area contributed by atoms with E-state index in [0.717, 1.165) is 5.92 Å². The number of terminal acetylenes is 1. The molecule has 17 heavy (non-hydrogen) atoms. The summed E-state index contributed by atoms with van der Waals surface area (Å²) in [5.74, 6) is 9.49. The van der Waals surface area contributed by atoms with E-state index in [4.69, 9.17) is 12.3 Å². The van der Waals surface area contributed by atoms with Gasteiger partial charge in [-0.2, -0.15) is 0 Å². The van der Waals surface area contributed by atoms with E-state index >= 15 is 0 Å². The summed E-state index contributed by atoms with van der Waals surface area (Å²) < 4.78 is 0. The third kappa shape index (κ3) is 1.56. The van der Waals surface area contributed by atoms with Crippen LogP contribution in [0.3, 0.4) is 0 Å². The van der Waals surface area contributed by atoms with Gasteiger partial charge in [0.1, 0.15) is 0 Å². The number of hydrogen-bond donors (Lipinski definition) is 2. The minimum Gasteiger partial charge on any atom is -0.270 e. The van der Waals surface area contributed by atoms with Crippen LogP contribution in [0, 0.1) is 34.5 Å². The molecule has 0 aliphatic heterocycles. The van der Waals surface area contributed by atoms with Crippen molar-refractivity contribution in [1.29, 1.82) is 0 Å². The van der Waals surface area contributed by atoms with Crippen LogP contribution < -0.4 is 11.3 Å². The number of rotatable bonds is 2. The Balaban J connectivity index is 2.00. The lowest BCUT2D eigenvalue weighted by Gasteiger charge is -2.66. The van der Waals surface area contributed by atoms with E-state index in [1.165, 1.54) is 38.5 Å². The first-order valence-electron chi connectivity index (χ1n) is 6.85. The predicted octanol–water partition coefficient (Wildman–Crippen LogP) is 2.45. The Morgan fingerprint density at radius 1 is 1.18 bits per heavy atom. The van der Waals surface area contributed by atoms with Crippen LogP contribution in [0.25, 0.3) is 0 Å². The van der Waals surface area contributed by atoms with E-state index in [-0.39, 0.29) is 11.5 Å². The Kier molecular flexibility index (Phi) is 2.23. The average molecular weight is 232 g/mol. The van der Waals surface area contributed by atoms with Crippen molar-refractivity contribution in [1.82, 2.24) is 5.43 Å². The fourth-order valence-corrected chi connectivity index (χ4v) is 6.26. The van der Waals surface area contributed by atoms with Gasteiger partial charge in [0.05, 0.1) is 6.04 Å². The lowest BCUT2D eigenvalue weighted by molar-refractivity contribution is -0.151. The molecule has 0 heterocycles. The summed E-state index contributed by atoms with van der Waals surface area (Å²) in [6.45, 7) is 4.93. The first-order chi connectivity index (χ1) is 7.93. The summed E-state index contributed by atoms with van der Waals surface area (Å²) in [5.41, 5.74) is 4.21. The molecule has 4 fully saturated rings. The predicted molar refractivity (Wildman–Crippen MR) is 69.8 cm³/mol. The highest BCUT2D eigenvalue weighted by atomic mass is 15.2. The maximum Gasteiger partial charge on any atom is 0.0871 e. The van der Waals surface area contributed by atoms with Crippen molar-refractivity contribution in [2.45, 2.75) is 58.4 Å². The third-order valence-corrected chi connectivity index (χ3v) is 5.62. The zero-order valence-corrected chi connectivity index (χ0v) is 11.1. The first kappa shape index (κ1) is 11.6. The molecule has 0 amide bonds. The molecule has 0 aromatic heterocycles. The molecule has 94 valence electrons. The van der Waals surface area contributed by atoms with Crippen LogP contribution in [0.1, 0.15) is 52.4 Å². The fourth-order valence-electron chi connectivity index (χ4n) is 6.26. The summed E-state index contributed by atoms with van der Waals surface area (Å²) in [6, 6.07) is 0.0598. The van der Waals surface area contributed by atoms with Crippen molar-refractivity contribution in [2.24, 2.45) is 28.0 Å². The molecule has 3 atom stereocenters. The standard InChI is InChI=1S/C15H24N2/c1-4-12(17-16)15-7-11-5-13(2,9-15)8-14(3,6-11)10-15/h1,11-12,17H,5-10,16H2,2-3H3. The van der Waals surface area contributed by atoms with Gasteiger partial charge in [0.15, 0.2) is 0 Å². The van der Waals surface area contributed by atoms with Gasteiger partial charge in [-0.3, -0.25) is 5.84 Å². The molecule has 0 radical (unpaired) electrons. The number of hydrazine groups is 1. The molecule has 3 unspecified atom stereocenters. The summed E-state index contributed by atoms with van der Waals surface area (Å²) >= 11 is 0. The lowest BCUT2D eigenvalue weighted by Crippen LogP contribution is -2.62. The van der Waals surface area contributed by atoms with Gasteiger partial charge in [-0.15, -0.1) is 6.42 Å². The number of nitrogens with one attached hydrogen (secondary N) is 1. The molecule has 0 spiro atoms. The summed E-state index contributed by atoms with van der Waals surface area (Å²) in [7, 11) is 0. The molecule has 4 aliphatic carbocycles. The quantitative estimate of drug-likeness (QED) is 0.436. The smallest absolute Gasteiger partial charge is 0.0871 e. The molecule has 0 saturated heterocycles. The Morgan fingerprint density at radius 3 is 2.18 bits per heavy atom. The Labute approximate surface area is 105 Å². The molecule has 2 nitrogen and oxygen atoms in total. The van der Waals surface area contributed by atoms with Crippen LogP contribution >= 0.6 is 0 Å². The highest BCUT2D eigenvalue weighted by Crippen LogP contribution is 2.70. The van der Waals surface area contributed by atoms with E-state index in [0.29, 0.717) is 10.8 Å². The van der Waals surface area contributed by atoms with Crippen molar-refractivity contribution >= 4 is 0 Å². The Hall–Kier alpha value is -0.520. The van der Waals surface area contributed by atoms with Crippen LogP contribution in [0.15, 0.2) is 0 Å². The molecule has 0 aromatic carbocycles. The van der Waals surface area contributed by atoms with E-state index in [2.05, 4.69) is 25.2 Å². The van der Waals surface area contributed by atoms with Crippen molar-refractivity contribution in [3.8, 4) is 12.3 Å². The minimum absolute atomic E-state index is 0.0598. The highest BCUT2D eigenvalue weighted by Gasteiger charge is 2.61. The van der Waals surface area contributed by atoms with Gasteiger partial charge in [-0.25, -0.2) is 5.43 Å². The maximum atomic E-state index is 5.70. The minimum atomic E-state index is 0.0598. The summed E-state index contributed by atoms with van der Waals surface area (Å²) in [4.78, 5) is 0. The first-order valence-corrected chi connectivity index (χ1v) is 6.85. The zero-order valence-electron chi connectivity index (χ0n) is 11.1. The largest absolute Gasteiger partial charge is 0.270 e. The van der Waals surface area contributed by atoms with Gasteiger partial charge in [0, 0.05) is 0 Å². The van der Waals surface area contributed by atoms with Crippen LogP contribution in [0.2, 0.25) is 0 Å². The lowest BCUT2D eigenvalue weighted by atomic mass is 9.39. The van der Waals surface area contributed by atoms with Gasteiger partial charge in [0.25, 0.3) is 0 Å². The SMILES string of the molecule is C#CC(NN)C12CC3CC(C)(CC(C)(C3)C1)C2. The van der Waals surface area contributed by atoms with Crippen molar-refractivity contribution in [3.05, 3.63) is 0 Å². The second-order valence-electron chi connectivity index (χ2n) is 7.76. The molecule has 4 rings (SSSR count). The van der Waals surface area contributed by atoms with Crippen molar-refractivity contribution in [3.63, 3.8) is 0 Å². The summed E-state index contributed by atoms with van der Waals surface area (Å²) in [6.07, 6.45) is 13.7. The third-order valence-electron chi connectivity index (χ3n) is 5.62. The normalized spacial score (nSPS) is 53.4.